The van der Waals surface area contributed by atoms with Gasteiger partial charge in [-0.15, -0.1) is 0 Å². The first-order valence-electron chi connectivity index (χ1n) is 7.37. The highest BCUT2D eigenvalue weighted by atomic mass is 16.5. The minimum atomic E-state index is 0.703. The Morgan fingerprint density at radius 1 is 0.952 bits per heavy atom. The number of ether oxygens (including phenoxy) is 1. The fourth-order valence-electron chi connectivity index (χ4n) is 2.20. The summed E-state index contributed by atoms with van der Waals surface area (Å²) in [5, 5.41) is 3.14. The van der Waals surface area contributed by atoms with E-state index in [0.29, 0.717) is 6.61 Å². The lowest BCUT2D eigenvalue weighted by Gasteiger charge is -2.17. The van der Waals surface area contributed by atoms with Crippen molar-refractivity contribution in [2.24, 2.45) is 0 Å². The summed E-state index contributed by atoms with van der Waals surface area (Å²) in [7, 11) is 4.07. The van der Waals surface area contributed by atoms with Crippen molar-refractivity contribution in [3.8, 4) is 5.75 Å². The summed E-state index contributed by atoms with van der Waals surface area (Å²) in [5.41, 5.74) is 2.60. The second-order valence-electron chi connectivity index (χ2n) is 5.25. The van der Waals surface area contributed by atoms with Gasteiger partial charge in [-0.05, 0) is 37.4 Å². The Hall–Kier alpha value is -1.84. The van der Waals surface area contributed by atoms with Gasteiger partial charge in [0.1, 0.15) is 12.4 Å². The third-order valence-corrected chi connectivity index (χ3v) is 3.34. The lowest BCUT2D eigenvalue weighted by Crippen LogP contribution is -2.23. The summed E-state index contributed by atoms with van der Waals surface area (Å²) in [6, 6.07) is 18.8. The molecule has 0 spiro atoms. The molecule has 3 heteroatoms. The van der Waals surface area contributed by atoms with Crippen LogP contribution in [0.3, 0.4) is 0 Å². The van der Waals surface area contributed by atoms with Crippen LogP contribution < -0.4 is 10.1 Å². The van der Waals surface area contributed by atoms with E-state index in [1.54, 1.807) is 0 Å². The highest BCUT2D eigenvalue weighted by Crippen LogP contribution is 2.12. The molecule has 0 saturated carbocycles. The highest BCUT2D eigenvalue weighted by Gasteiger charge is 2.01. The monoisotopic (exact) mass is 284 g/mol. The molecule has 0 aliphatic carbocycles. The first-order valence-corrected chi connectivity index (χ1v) is 7.37. The van der Waals surface area contributed by atoms with Crippen LogP contribution in [0.5, 0.6) is 5.75 Å². The first-order chi connectivity index (χ1) is 10.3. The molecule has 3 nitrogen and oxygen atoms in total. The average molecular weight is 284 g/mol. The first kappa shape index (κ1) is 15.5. The molecule has 0 aliphatic heterocycles. The van der Waals surface area contributed by atoms with Gasteiger partial charge in [-0.3, -0.25) is 4.90 Å². The van der Waals surface area contributed by atoms with Gasteiger partial charge >= 0.3 is 0 Å². The van der Waals surface area contributed by atoms with Gasteiger partial charge in [0.05, 0.1) is 0 Å². The number of hydrogen-bond acceptors (Lipinski definition) is 3. The fourth-order valence-corrected chi connectivity index (χ4v) is 2.20. The predicted octanol–water partition coefficient (Wildman–Crippen LogP) is 2.92. The van der Waals surface area contributed by atoms with Crippen LogP contribution in [0.4, 0.5) is 0 Å². The number of hydrogen-bond donors (Lipinski definition) is 1. The van der Waals surface area contributed by atoms with Crippen molar-refractivity contribution in [3.05, 3.63) is 65.7 Å². The van der Waals surface area contributed by atoms with Crippen LogP contribution in [0.1, 0.15) is 11.1 Å². The van der Waals surface area contributed by atoms with Crippen LogP contribution in [0, 0.1) is 0 Å². The molecular formula is C18H24N2O. The van der Waals surface area contributed by atoms with E-state index >= 15 is 0 Å². The third kappa shape index (κ3) is 5.58. The van der Waals surface area contributed by atoms with Crippen LogP contribution in [-0.4, -0.2) is 32.1 Å². The van der Waals surface area contributed by atoms with Crippen LogP contribution in [0.2, 0.25) is 0 Å². The topological polar surface area (TPSA) is 24.5 Å². The second kappa shape index (κ2) is 8.45. The fraction of sp³-hybridized carbons (Fsp3) is 0.333. The largest absolute Gasteiger partial charge is 0.492 e. The Kier molecular flexibility index (Phi) is 6.25. The van der Waals surface area contributed by atoms with Gasteiger partial charge in [-0.1, -0.05) is 42.5 Å². The summed E-state index contributed by atoms with van der Waals surface area (Å²) in [6.07, 6.45) is 0. The molecule has 0 radical (unpaired) electrons. The van der Waals surface area contributed by atoms with Crippen molar-refractivity contribution in [1.82, 2.24) is 10.2 Å². The summed E-state index contributed by atoms with van der Waals surface area (Å²) in [4.78, 5) is 2.27. The Balaban J connectivity index is 1.71. The van der Waals surface area contributed by atoms with E-state index in [9.17, 15) is 0 Å². The standard InChI is InChI=1S/C18H24N2O/c1-19-14-16-8-10-18(11-9-16)21-13-12-20(2)15-17-6-4-3-5-7-17/h3-11,19H,12-15H2,1-2H3. The van der Waals surface area contributed by atoms with Gasteiger partial charge in [0.25, 0.3) is 0 Å². The Morgan fingerprint density at radius 2 is 1.67 bits per heavy atom. The number of rotatable bonds is 8. The van der Waals surface area contributed by atoms with Crippen molar-refractivity contribution < 1.29 is 4.74 Å². The van der Waals surface area contributed by atoms with Crippen molar-refractivity contribution in [2.75, 3.05) is 27.2 Å². The molecule has 0 aliphatic rings. The van der Waals surface area contributed by atoms with Crippen LogP contribution in [0.15, 0.2) is 54.6 Å². The molecule has 2 rings (SSSR count). The molecule has 21 heavy (non-hydrogen) atoms. The van der Waals surface area contributed by atoms with E-state index in [0.717, 1.165) is 25.4 Å². The summed E-state index contributed by atoms with van der Waals surface area (Å²) in [6.45, 7) is 3.45. The lowest BCUT2D eigenvalue weighted by atomic mass is 10.2. The Morgan fingerprint density at radius 3 is 2.33 bits per heavy atom. The summed E-state index contributed by atoms with van der Waals surface area (Å²) >= 11 is 0. The van der Waals surface area contributed by atoms with E-state index in [4.69, 9.17) is 4.74 Å². The van der Waals surface area contributed by atoms with Crippen LogP contribution >= 0.6 is 0 Å². The molecule has 0 fully saturated rings. The maximum atomic E-state index is 5.79. The van der Waals surface area contributed by atoms with Gasteiger partial charge in [-0.2, -0.15) is 0 Å². The van der Waals surface area contributed by atoms with E-state index in [1.807, 2.05) is 25.2 Å². The molecule has 0 bridgehead atoms. The molecule has 0 unspecified atom stereocenters. The van der Waals surface area contributed by atoms with Crippen LogP contribution in [0.25, 0.3) is 0 Å². The van der Waals surface area contributed by atoms with Gasteiger partial charge in [0.15, 0.2) is 0 Å². The molecule has 0 aromatic heterocycles. The Labute approximate surface area is 127 Å². The van der Waals surface area contributed by atoms with Gasteiger partial charge in [0.2, 0.25) is 0 Å². The molecule has 0 heterocycles. The van der Waals surface area contributed by atoms with Crippen molar-refractivity contribution >= 4 is 0 Å². The zero-order valence-corrected chi connectivity index (χ0v) is 12.9. The lowest BCUT2D eigenvalue weighted by molar-refractivity contribution is 0.233. The molecule has 2 aromatic carbocycles. The van der Waals surface area contributed by atoms with Crippen LogP contribution in [-0.2, 0) is 13.1 Å². The smallest absolute Gasteiger partial charge is 0.119 e. The number of benzene rings is 2. The second-order valence-corrected chi connectivity index (χ2v) is 5.25. The molecule has 1 N–H and O–H groups in total. The molecule has 112 valence electrons. The number of nitrogens with one attached hydrogen (secondary N) is 1. The van der Waals surface area contributed by atoms with E-state index < -0.39 is 0 Å². The van der Waals surface area contributed by atoms with E-state index in [2.05, 4.69) is 53.7 Å². The van der Waals surface area contributed by atoms with E-state index in [1.165, 1.54) is 11.1 Å². The number of nitrogens with zero attached hydrogens (tertiary/aromatic N) is 1. The number of likely N-dealkylation sites (N-methyl/N-ethyl adjacent to an activating group) is 1. The quantitative estimate of drug-likeness (QED) is 0.806. The van der Waals surface area contributed by atoms with Gasteiger partial charge in [0, 0.05) is 19.6 Å². The molecule has 0 atom stereocenters. The highest BCUT2D eigenvalue weighted by molar-refractivity contribution is 5.27. The maximum absolute atomic E-state index is 5.79. The van der Waals surface area contributed by atoms with Gasteiger partial charge < -0.3 is 10.1 Å². The minimum Gasteiger partial charge on any atom is -0.492 e. The Bertz CT molecular complexity index is 511. The molecular weight excluding hydrogens is 260 g/mol. The van der Waals surface area contributed by atoms with Crippen molar-refractivity contribution in [3.63, 3.8) is 0 Å². The zero-order chi connectivity index (χ0) is 14.9. The van der Waals surface area contributed by atoms with Gasteiger partial charge in [-0.25, -0.2) is 0 Å². The predicted molar refractivity (Wildman–Crippen MR) is 87.5 cm³/mol. The summed E-state index contributed by atoms with van der Waals surface area (Å²) < 4.78 is 5.79. The van der Waals surface area contributed by atoms with Crippen molar-refractivity contribution in [1.29, 1.82) is 0 Å². The van der Waals surface area contributed by atoms with E-state index in [-0.39, 0.29) is 0 Å². The molecule has 0 saturated heterocycles. The molecule has 0 amide bonds. The molecule has 2 aromatic rings. The SMILES string of the molecule is CNCc1ccc(OCCN(C)Cc2ccccc2)cc1. The average Bonchev–Trinajstić information content (AvgIpc) is 2.50. The minimum absolute atomic E-state index is 0.703. The summed E-state index contributed by atoms with van der Waals surface area (Å²) in [5.74, 6) is 0.933. The third-order valence-electron chi connectivity index (χ3n) is 3.34. The maximum Gasteiger partial charge on any atom is 0.119 e. The zero-order valence-electron chi connectivity index (χ0n) is 12.9. The normalized spacial score (nSPS) is 10.8. The van der Waals surface area contributed by atoms with Crippen molar-refractivity contribution in [2.45, 2.75) is 13.1 Å².